The number of nitrogens with one attached hydrogen (secondary N) is 1. The largest absolute Gasteiger partial charge is 0.331 e. The number of nitrogens with zero attached hydrogens (tertiary/aromatic N) is 2. The Morgan fingerprint density at radius 1 is 1.41 bits per heavy atom. The van der Waals surface area contributed by atoms with E-state index in [4.69, 9.17) is 0 Å². The highest BCUT2D eigenvalue weighted by Crippen LogP contribution is 2.21. The minimum atomic E-state index is -0.197. The molecule has 0 radical (unpaired) electrons. The van der Waals surface area contributed by atoms with Crippen LogP contribution in [0.25, 0.3) is 0 Å². The summed E-state index contributed by atoms with van der Waals surface area (Å²) in [5, 5.41) is 5.22. The van der Waals surface area contributed by atoms with E-state index in [1.807, 2.05) is 46.9 Å². The molecule has 1 N–H and O–H groups in total. The lowest BCUT2D eigenvalue weighted by Gasteiger charge is -2.30. The molecule has 124 valence electrons. The summed E-state index contributed by atoms with van der Waals surface area (Å²) in [4.78, 5) is 30.5. The van der Waals surface area contributed by atoms with Crippen LogP contribution in [0.1, 0.15) is 53.2 Å². The SMILES string of the molecule is CC[C@H](C)N(CC(=O)Nc1nc(C)cs1)C(=O)CC(C)(C)C. The number of anilines is 1. The van der Waals surface area contributed by atoms with Crippen LogP contribution in [0.4, 0.5) is 5.13 Å². The first-order valence-corrected chi connectivity index (χ1v) is 8.52. The molecule has 1 atom stereocenters. The molecule has 1 aromatic rings. The van der Waals surface area contributed by atoms with Crippen molar-refractivity contribution in [1.29, 1.82) is 0 Å². The van der Waals surface area contributed by atoms with Gasteiger partial charge in [0.15, 0.2) is 5.13 Å². The normalized spacial score (nSPS) is 12.8. The monoisotopic (exact) mass is 325 g/mol. The zero-order chi connectivity index (χ0) is 16.9. The molecule has 6 heteroatoms. The summed E-state index contributed by atoms with van der Waals surface area (Å²) in [5.74, 6) is -0.177. The lowest BCUT2D eigenvalue weighted by molar-refractivity contribution is -0.138. The van der Waals surface area contributed by atoms with E-state index in [0.717, 1.165) is 12.1 Å². The van der Waals surface area contributed by atoms with Crippen LogP contribution in [0.15, 0.2) is 5.38 Å². The van der Waals surface area contributed by atoms with Crippen LogP contribution in [0.2, 0.25) is 0 Å². The Balaban J connectivity index is 2.72. The maximum absolute atomic E-state index is 12.5. The molecule has 5 nitrogen and oxygen atoms in total. The van der Waals surface area contributed by atoms with Gasteiger partial charge in [0.05, 0.1) is 5.69 Å². The Morgan fingerprint density at radius 2 is 2.05 bits per heavy atom. The number of hydrogen-bond donors (Lipinski definition) is 1. The molecule has 0 fully saturated rings. The second-order valence-corrected chi connectivity index (χ2v) is 7.72. The average Bonchev–Trinajstić information content (AvgIpc) is 2.78. The van der Waals surface area contributed by atoms with Crippen LogP contribution < -0.4 is 5.32 Å². The van der Waals surface area contributed by atoms with E-state index in [2.05, 4.69) is 10.3 Å². The Morgan fingerprint density at radius 3 is 2.50 bits per heavy atom. The van der Waals surface area contributed by atoms with E-state index in [-0.39, 0.29) is 29.8 Å². The first kappa shape index (κ1) is 18.6. The topological polar surface area (TPSA) is 62.3 Å². The molecule has 2 amide bonds. The molecule has 1 rings (SSSR count). The highest BCUT2D eigenvalue weighted by molar-refractivity contribution is 7.13. The molecular weight excluding hydrogens is 298 g/mol. The minimum absolute atomic E-state index is 0.0207. The van der Waals surface area contributed by atoms with E-state index < -0.39 is 0 Å². The van der Waals surface area contributed by atoms with Gasteiger partial charge in [0.25, 0.3) is 0 Å². The number of carbonyl (C=O) groups excluding carboxylic acids is 2. The number of aromatic nitrogens is 1. The Labute approximate surface area is 137 Å². The van der Waals surface area contributed by atoms with Crippen molar-refractivity contribution in [2.24, 2.45) is 5.41 Å². The quantitative estimate of drug-likeness (QED) is 0.871. The maximum Gasteiger partial charge on any atom is 0.245 e. The third-order valence-corrected chi connectivity index (χ3v) is 4.18. The third kappa shape index (κ3) is 6.13. The third-order valence-electron chi connectivity index (χ3n) is 3.30. The van der Waals surface area contributed by atoms with Crippen LogP contribution >= 0.6 is 11.3 Å². The van der Waals surface area contributed by atoms with Gasteiger partial charge in [-0.2, -0.15) is 0 Å². The summed E-state index contributed by atoms with van der Waals surface area (Å²) in [6.45, 7) is 12.0. The molecule has 0 aliphatic carbocycles. The van der Waals surface area contributed by atoms with Crippen LogP contribution in [0.3, 0.4) is 0 Å². The number of aryl methyl sites for hydroxylation is 1. The molecule has 0 saturated carbocycles. The zero-order valence-electron chi connectivity index (χ0n) is 14.4. The second-order valence-electron chi connectivity index (χ2n) is 6.86. The fourth-order valence-electron chi connectivity index (χ4n) is 1.99. The van der Waals surface area contributed by atoms with Crippen molar-refractivity contribution in [3.8, 4) is 0 Å². The van der Waals surface area contributed by atoms with Crippen LogP contribution in [-0.4, -0.2) is 34.3 Å². The molecule has 0 aliphatic rings. The van der Waals surface area contributed by atoms with Gasteiger partial charge < -0.3 is 10.2 Å². The van der Waals surface area contributed by atoms with E-state index in [1.54, 1.807) is 4.90 Å². The van der Waals surface area contributed by atoms with E-state index in [1.165, 1.54) is 11.3 Å². The molecule has 1 heterocycles. The summed E-state index contributed by atoms with van der Waals surface area (Å²) >= 11 is 1.39. The Hall–Kier alpha value is -1.43. The molecule has 22 heavy (non-hydrogen) atoms. The van der Waals surface area contributed by atoms with E-state index in [0.29, 0.717) is 11.6 Å². The van der Waals surface area contributed by atoms with Crippen molar-refractivity contribution in [3.63, 3.8) is 0 Å². The fourth-order valence-corrected chi connectivity index (χ4v) is 2.69. The summed E-state index contributed by atoms with van der Waals surface area (Å²) in [6, 6.07) is 0.0404. The first-order chi connectivity index (χ1) is 10.1. The van der Waals surface area contributed by atoms with Gasteiger partial charge in [-0.25, -0.2) is 4.98 Å². The van der Waals surface area contributed by atoms with Crippen LogP contribution in [0, 0.1) is 12.3 Å². The van der Waals surface area contributed by atoms with E-state index >= 15 is 0 Å². The van der Waals surface area contributed by atoms with Crippen molar-refractivity contribution in [1.82, 2.24) is 9.88 Å². The van der Waals surface area contributed by atoms with Crippen LogP contribution in [0.5, 0.6) is 0 Å². The van der Waals surface area contributed by atoms with Gasteiger partial charge in [-0.1, -0.05) is 27.7 Å². The molecular formula is C16H27N3O2S. The van der Waals surface area contributed by atoms with Crippen molar-refractivity contribution in [2.45, 2.75) is 60.4 Å². The molecule has 0 spiro atoms. The lowest BCUT2D eigenvalue weighted by Crippen LogP contribution is -2.44. The average molecular weight is 325 g/mol. The summed E-state index contributed by atoms with van der Waals surface area (Å²) in [6.07, 6.45) is 1.25. The Bertz CT molecular complexity index is 520. The van der Waals surface area contributed by atoms with Crippen molar-refractivity contribution < 1.29 is 9.59 Å². The van der Waals surface area contributed by atoms with E-state index in [9.17, 15) is 9.59 Å². The number of amides is 2. The summed E-state index contributed by atoms with van der Waals surface area (Å²) in [7, 11) is 0. The van der Waals surface area contributed by atoms with Gasteiger partial charge in [0.1, 0.15) is 6.54 Å². The van der Waals surface area contributed by atoms with Gasteiger partial charge >= 0.3 is 0 Å². The van der Waals surface area contributed by atoms with Crippen molar-refractivity contribution in [3.05, 3.63) is 11.1 Å². The van der Waals surface area contributed by atoms with Gasteiger partial charge in [-0.15, -0.1) is 11.3 Å². The molecule has 0 aliphatic heterocycles. The molecule has 0 aromatic carbocycles. The smallest absolute Gasteiger partial charge is 0.245 e. The van der Waals surface area contributed by atoms with Crippen molar-refractivity contribution in [2.75, 3.05) is 11.9 Å². The van der Waals surface area contributed by atoms with Gasteiger partial charge in [0, 0.05) is 17.8 Å². The highest BCUT2D eigenvalue weighted by Gasteiger charge is 2.26. The lowest BCUT2D eigenvalue weighted by atomic mass is 9.91. The zero-order valence-corrected chi connectivity index (χ0v) is 15.2. The standard InChI is InChI=1S/C16H27N3O2S/c1-7-12(3)19(14(21)8-16(4,5)6)9-13(20)18-15-17-11(2)10-22-15/h10,12H,7-9H2,1-6H3,(H,17,18,20)/t12-/m0/s1. The number of rotatable bonds is 6. The molecule has 0 unspecified atom stereocenters. The molecule has 0 saturated heterocycles. The predicted molar refractivity (Wildman–Crippen MR) is 91.0 cm³/mol. The molecule has 0 bridgehead atoms. The van der Waals surface area contributed by atoms with Gasteiger partial charge in [0.2, 0.25) is 11.8 Å². The fraction of sp³-hybridized carbons (Fsp3) is 0.688. The predicted octanol–water partition coefficient (Wildman–Crippen LogP) is 3.45. The van der Waals surface area contributed by atoms with Gasteiger partial charge in [-0.05, 0) is 25.7 Å². The summed E-state index contributed by atoms with van der Waals surface area (Å²) < 4.78 is 0. The maximum atomic E-state index is 12.5. The highest BCUT2D eigenvalue weighted by atomic mass is 32.1. The van der Waals surface area contributed by atoms with Crippen molar-refractivity contribution >= 4 is 28.3 Å². The Kier molecular flexibility index (Phi) is 6.53. The summed E-state index contributed by atoms with van der Waals surface area (Å²) in [5.41, 5.74) is 0.786. The second kappa shape index (κ2) is 7.72. The number of carbonyl (C=O) groups is 2. The molecule has 1 aromatic heterocycles. The van der Waals surface area contributed by atoms with Crippen LogP contribution in [-0.2, 0) is 9.59 Å². The minimum Gasteiger partial charge on any atom is -0.331 e. The number of thiazole rings is 1. The van der Waals surface area contributed by atoms with Gasteiger partial charge in [-0.3, -0.25) is 9.59 Å². The number of hydrogen-bond acceptors (Lipinski definition) is 4. The first-order valence-electron chi connectivity index (χ1n) is 7.64.